The Hall–Kier alpha value is -3.94. The van der Waals surface area contributed by atoms with Gasteiger partial charge in [-0.1, -0.05) is 12.1 Å². The molecule has 8 heteroatoms. The van der Waals surface area contributed by atoms with Gasteiger partial charge in [-0.25, -0.2) is 8.78 Å². The lowest BCUT2D eigenvalue weighted by Crippen LogP contribution is -2.37. The van der Waals surface area contributed by atoms with Crippen LogP contribution in [0.1, 0.15) is 28.4 Å². The highest BCUT2D eigenvalue weighted by Crippen LogP contribution is 2.30. The van der Waals surface area contributed by atoms with Crippen LogP contribution in [0.2, 0.25) is 0 Å². The zero-order valence-corrected chi connectivity index (χ0v) is 18.1. The zero-order valence-electron chi connectivity index (χ0n) is 18.1. The third-order valence-corrected chi connectivity index (χ3v) is 5.33. The monoisotopic (exact) mass is 452 g/mol. The number of hydrogen-bond donors (Lipinski definition) is 1. The number of methoxy groups -OCH3 is 1. The molecule has 2 amide bonds. The summed E-state index contributed by atoms with van der Waals surface area (Å²) in [6.45, 7) is 2.29. The van der Waals surface area contributed by atoms with E-state index in [-0.39, 0.29) is 18.0 Å². The Kier molecular flexibility index (Phi) is 6.26. The summed E-state index contributed by atoms with van der Waals surface area (Å²) in [5.41, 5.74) is 1.71. The number of nitrogens with zero attached hydrogens (tertiary/aromatic N) is 1. The molecule has 1 aliphatic rings. The lowest BCUT2D eigenvalue weighted by atomic mass is 10.1. The second-order valence-corrected chi connectivity index (χ2v) is 7.71. The van der Waals surface area contributed by atoms with Crippen LogP contribution in [0.4, 0.5) is 14.5 Å². The topological polar surface area (TPSA) is 67.9 Å². The summed E-state index contributed by atoms with van der Waals surface area (Å²) < 4.78 is 38.2. The van der Waals surface area contributed by atoms with E-state index >= 15 is 0 Å². The van der Waals surface area contributed by atoms with E-state index in [1.54, 1.807) is 37.1 Å². The molecule has 3 aromatic rings. The van der Waals surface area contributed by atoms with Gasteiger partial charge in [0.1, 0.15) is 23.1 Å². The molecule has 0 aromatic heterocycles. The molecule has 0 fully saturated rings. The first-order valence-electron chi connectivity index (χ1n) is 10.3. The largest absolute Gasteiger partial charge is 0.497 e. The van der Waals surface area contributed by atoms with Gasteiger partial charge in [0, 0.05) is 30.4 Å². The fourth-order valence-corrected chi connectivity index (χ4v) is 3.67. The Morgan fingerprint density at radius 3 is 2.73 bits per heavy atom. The Labute approximate surface area is 189 Å². The highest BCUT2D eigenvalue weighted by atomic mass is 19.1. The second-order valence-electron chi connectivity index (χ2n) is 7.71. The van der Waals surface area contributed by atoms with Gasteiger partial charge in [0.15, 0.2) is 6.10 Å². The Morgan fingerprint density at radius 1 is 1.15 bits per heavy atom. The van der Waals surface area contributed by atoms with Crippen LogP contribution >= 0.6 is 0 Å². The average Bonchev–Trinajstić information content (AvgIpc) is 2.90. The lowest BCUT2D eigenvalue weighted by molar-refractivity contribution is -0.138. The zero-order chi connectivity index (χ0) is 23.5. The van der Waals surface area contributed by atoms with Gasteiger partial charge in [0.05, 0.1) is 12.7 Å². The summed E-state index contributed by atoms with van der Waals surface area (Å²) in [6.07, 6.45) is -0.689. The van der Waals surface area contributed by atoms with E-state index in [0.29, 0.717) is 35.4 Å². The minimum absolute atomic E-state index is 0.173. The molecule has 0 aliphatic carbocycles. The van der Waals surface area contributed by atoms with Gasteiger partial charge < -0.3 is 19.7 Å². The van der Waals surface area contributed by atoms with Gasteiger partial charge in [-0.05, 0) is 55.0 Å². The molecule has 0 saturated carbocycles. The summed E-state index contributed by atoms with van der Waals surface area (Å²) in [5.74, 6) is -1.38. The first-order chi connectivity index (χ1) is 15.8. The number of hydrogen-bond acceptors (Lipinski definition) is 4. The number of amides is 2. The Bertz CT molecular complexity index is 1210. The van der Waals surface area contributed by atoms with Crippen molar-refractivity contribution >= 4 is 17.5 Å². The maximum atomic E-state index is 14.0. The molecule has 4 rings (SSSR count). The van der Waals surface area contributed by atoms with E-state index in [4.69, 9.17) is 9.47 Å². The van der Waals surface area contributed by atoms with E-state index in [0.717, 1.165) is 17.7 Å². The molecule has 0 bridgehead atoms. The summed E-state index contributed by atoms with van der Waals surface area (Å²) in [5, 5.41) is 2.61. The van der Waals surface area contributed by atoms with Gasteiger partial charge >= 0.3 is 0 Å². The van der Waals surface area contributed by atoms with Gasteiger partial charge in [-0.15, -0.1) is 0 Å². The van der Waals surface area contributed by atoms with Crippen LogP contribution in [0, 0.1) is 11.6 Å². The second kappa shape index (κ2) is 9.28. The van der Waals surface area contributed by atoms with Gasteiger partial charge in [0.25, 0.3) is 11.8 Å². The first-order valence-corrected chi connectivity index (χ1v) is 10.3. The molecule has 0 unspecified atom stereocenters. The van der Waals surface area contributed by atoms with Crippen LogP contribution in [0.15, 0.2) is 60.7 Å². The number of nitrogens with one attached hydrogen (secondary N) is 1. The van der Waals surface area contributed by atoms with Crippen molar-refractivity contribution in [2.45, 2.75) is 26.1 Å². The normalized spacial score (nSPS) is 15.3. The molecular formula is C25H22F2N2O4. The third-order valence-electron chi connectivity index (χ3n) is 5.33. The number of rotatable bonds is 5. The van der Waals surface area contributed by atoms with Crippen LogP contribution in [0.5, 0.6) is 11.5 Å². The van der Waals surface area contributed by atoms with Crippen molar-refractivity contribution in [2.75, 3.05) is 12.4 Å². The first kappa shape index (κ1) is 22.3. The minimum atomic E-state index is -0.950. The maximum absolute atomic E-state index is 14.0. The number of ether oxygens (including phenoxy) is 2. The molecule has 1 atom stereocenters. The maximum Gasteiger partial charge on any atom is 0.263 e. The standard InChI is InChI=1S/C25H22F2N2O4/c1-15-25(31)29(13-16-4-3-5-20(10-16)32-2)14-17-11-19(7-9-23(17)33-15)28-24(30)21-8-6-18(26)12-22(21)27/h3-12,15H,13-14H2,1-2H3,(H,28,30)/t15-/m0/s1. The fraction of sp³-hybridized carbons (Fsp3) is 0.200. The molecule has 0 spiro atoms. The van der Waals surface area contributed by atoms with Gasteiger partial charge in [-0.3, -0.25) is 9.59 Å². The van der Waals surface area contributed by atoms with Crippen molar-refractivity contribution in [3.63, 3.8) is 0 Å². The molecule has 1 aliphatic heterocycles. The van der Waals surface area contributed by atoms with E-state index in [9.17, 15) is 18.4 Å². The molecule has 6 nitrogen and oxygen atoms in total. The summed E-state index contributed by atoms with van der Waals surface area (Å²) in [6, 6.07) is 15.1. The van der Waals surface area contributed by atoms with Crippen molar-refractivity contribution in [3.05, 3.63) is 89.0 Å². The van der Waals surface area contributed by atoms with Crippen molar-refractivity contribution < 1.29 is 27.8 Å². The molecule has 1 heterocycles. The number of halogens is 2. The molecule has 1 N–H and O–H groups in total. The molecule has 0 radical (unpaired) electrons. The van der Waals surface area contributed by atoms with Crippen LogP contribution in [0.3, 0.4) is 0 Å². The van der Waals surface area contributed by atoms with E-state index in [1.165, 1.54) is 0 Å². The average molecular weight is 452 g/mol. The smallest absolute Gasteiger partial charge is 0.263 e. The molecule has 170 valence electrons. The van der Waals surface area contributed by atoms with E-state index in [1.807, 2.05) is 24.3 Å². The Balaban J connectivity index is 1.57. The van der Waals surface area contributed by atoms with Gasteiger partial charge in [0.2, 0.25) is 0 Å². The Morgan fingerprint density at radius 2 is 1.97 bits per heavy atom. The fourth-order valence-electron chi connectivity index (χ4n) is 3.67. The summed E-state index contributed by atoms with van der Waals surface area (Å²) >= 11 is 0. The quantitative estimate of drug-likeness (QED) is 0.618. The minimum Gasteiger partial charge on any atom is -0.497 e. The van der Waals surface area contributed by atoms with Crippen molar-refractivity contribution in [1.82, 2.24) is 4.90 Å². The highest BCUT2D eigenvalue weighted by molar-refractivity contribution is 6.04. The van der Waals surface area contributed by atoms with Crippen molar-refractivity contribution in [2.24, 2.45) is 0 Å². The van der Waals surface area contributed by atoms with E-state index in [2.05, 4.69) is 5.32 Å². The van der Waals surface area contributed by atoms with Crippen LogP contribution < -0.4 is 14.8 Å². The molecule has 0 saturated heterocycles. The van der Waals surface area contributed by atoms with E-state index < -0.39 is 23.6 Å². The predicted octanol–water partition coefficient (Wildman–Crippen LogP) is 4.54. The van der Waals surface area contributed by atoms with Crippen LogP contribution in [0.25, 0.3) is 0 Å². The highest BCUT2D eigenvalue weighted by Gasteiger charge is 2.28. The van der Waals surface area contributed by atoms with Crippen molar-refractivity contribution in [3.8, 4) is 11.5 Å². The van der Waals surface area contributed by atoms with Gasteiger partial charge in [-0.2, -0.15) is 0 Å². The van der Waals surface area contributed by atoms with Crippen LogP contribution in [-0.4, -0.2) is 29.9 Å². The summed E-state index contributed by atoms with van der Waals surface area (Å²) in [7, 11) is 1.58. The van der Waals surface area contributed by atoms with Crippen molar-refractivity contribution in [1.29, 1.82) is 0 Å². The number of benzene rings is 3. The van der Waals surface area contributed by atoms with Crippen LogP contribution in [-0.2, 0) is 17.9 Å². The number of anilines is 1. The molecule has 33 heavy (non-hydrogen) atoms. The number of carbonyl (C=O) groups excluding carboxylic acids is 2. The lowest BCUT2D eigenvalue weighted by Gasteiger charge is -2.22. The predicted molar refractivity (Wildman–Crippen MR) is 118 cm³/mol. The number of carbonyl (C=O) groups is 2. The summed E-state index contributed by atoms with van der Waals surface area (Å²) in [4.78, 5) is 27.0. The molecular weight excluding hydrogens is 430 g/mol. The number of fused-ring (bicyclic) bond motifs is 1. The third kappa shape index (κ3) is 4.95. The SMILES string of the molecule is COc1cccc(CN2Cc3cc(NC(=O)c4ccc(F)cc4F)ccc3O[C@@H](C)C2=O)c1. The molecule has 3 aromatic carbocycles.